The smallest absolute Gasteiger partial charge is 0.419 e. The molecule has 1 aromatic heterocycles. The van der Waals surface area contributed by atoms with Gasteiger partial charge in [0.1, 0.15) is 17.9 Å². The van der Waals surface area contributed by atoms with Crippen molar-refractivity contribution in [3.8, 4) is 16.9 Å². The third-order valence-corrected chi connectivity index (χ3v) is 8.77. The Kier molecular flexibility index (Phi) is 7.19. The first-order valence-corrected chi connectivity index (χ1v) is 12.7. The number of thiophene rings is 1. The second kappa shape index (κ2) is 9.60. The molecule has 0 aliphatic carbocycles. The maximum atomic E-state index is 13.3. The van der Waals surface area contributed by atoms with Crippen LogP contribution in [0.25, 0.3) is 11.1 Å². The first-order valence-electron chi connectivity index (χ1n) is 9.14. The lowest BCUT2D eigenvalue weighted by molar-refractivity contribution is -0.189. The van der Waals surface area contributed by atoms with Gasteiger partial charge in [0, 0.05) is 11.1 Å². The molecule has 0 spiro atoms. The predicted molar refractivity (Wildman–Crippen MR) is 122 cm³/mol. The molecule has 0 amide bonds. The number of thioether (sulfide) groups is 1. The molecule has 178 valence electrons. The number of hydrogen-bond acceptors (Lipinski definition) is 8. The molecule has 0 bridgehead atoms. The number of aldehydes is 1. The fourth-order valence-corrected chi connectivity index (χ4v) is 6.77. The van der Waals surface area contributed by atoms with Crippen LogP contribution in [0.2, 0.25) is 0 Å². The minimum Gasteiger partial charge on any atom is -0.419 e. The molecule has 0 atom stereocenters. The van der Waals surface area contributed by atoms with Gasteiger partial charge in [0.05, 0.1) is 18.9 Å². The van der Waals surface area contributed by atoms with Crippen LogP contribution in [-0.2, 0) is 14.6 Å². The van der Waals surface area contributed by atoms with Crippen LogP contribution in [0.1, 0.15) is 15.2 Å². The van der Waals surface area contributed by atoms with Gasteiger partial charge in [-0.3, -0.25) is 10.2 Å². The number of benzene rings is 2. The molecule has 3 rings (SSSR count). The van der Waals surface area contributed by atoms with Crippen molar-refractivity contribution in [2.24, 2.45) is 5.73 Å². The fraction of sp³-hybridized carbons (Fsp3) is 0.0952. The summed E-state index contributed by atoms with van der Waals surface area (Å²) >= 11 is 2.19. The monoisotopic (exact) mass is 528 g/mol. The van der Waals surface area contributed by atoms with Crippen LogP contribution in [0, 0.1) is 5.41 Å². The van der Waals surface area contributed by atoms with E-state index in [1.807, 2.05) is 0 Å². The number of ether oxygens (including phenoxy) is 1. The third kappa shape index (κ3) is 5.16. The lowest BCUT2D eigenvalue weighted by Gasteiger charge is -2.13. The van der Waals surface area contributed by atoms with Crippen LogP contribution in [0.15, 0.2) is 62.5 Å². The van der Waals surface area contributed by atoms with E-state index >= 15 is 0 Å². The Morgan fingerprint density at radius 2 is 1.88 bits per heavy atom. The number of sulfone groups is 1. The molecule has 3 aromatic rings. The fourth-order valence-electron chi connectivity index (χ4n) is 2.87. The molecule has 34 heavy (non-hydrogen) atoms. The number of alkyl halides is 3. The van der Waals surface area contributed by atoms with Gasteiger partial charge in [0.25, 0.3) is 0 Å². The largest absolute Gasteiger partial charge is 0.491 e. The van der Waals surface area contributed by atoms with Crippen molar-refractivity contribution in [3.63, 3.8) is 0 Å². The molecule has 13 heteroatoms. The summed E-state index contributed by atoms with van der Waals surface area (Å²) in [5.41, 5.74) is 5.57. The predicted octanol–water partition coefficient (Wildman–Crippen LogP) is 4.53. The number of esters is 1. The van der Waals surface area contributed by atoms with Crippen LogP contribution in [0.4, 0.5) is 13.2 Å². The van der Waals surface area contributed by atoms with Crippen molar-refractivity contribution in [1.82, 2.24) is 0 Å². The number of nitrogens with two attached hydrogens (primary N) is 1. The van der Waals surface area contributed by atoms with Crippen LogP contribution in [0.3, 0.4) is 0 Å². The highest BCUT2D eigenvalue weighted by Gasteiger charge is 2.41. The number of halogens is 3. The highest BCUT2D eigenvalue weighted by atomic mass is 32.2. The summed E-state index contributed by atoms with van der Waals surface area (Å²) in [7, 11) is -4.12. The van der Waals surface area contributed by atoms with Gasteiger partial charge < -0.3 is 10.5 Å². The first kappa shape index (κ1) is 25.5. The summed E-state index contributed by atoms with van der Waals surface area (Å²) in [4.78, 5) is 22.6. The minimum absolute atomic E-state index is 0.0716. The van der Waals surface area contributed by atoms with Crippen molar-refractivity contribution in [2.75, 3.05) is 6.26 Å². The highest BCUT2D eigenvalue weighted by Crippen LogP contribution is 2.39. The van der Waals surface area contributed by atoms with Gasteiger partial charge in [0.2, 0.25) is 9.84 Å². The molecule has 0 radical (unpaired) electrons. The van der Waals surface area contributed by atoms with Crippen LogP contribution in [-0.4, -0.2) is 38.9 Å². The second-order valence-electron chi connectivity index (χ2n) is 6.67. The molecule has 3 N–H and O–H groups in total. The van der Waals surface area contributed by atoms with Crippen molar-refractivity contribution in [2.45, 2.75) is 20.2 Å². The number of nitrogen functional groups attached to an aromatic ring is 1. The first-order chi connectivity index (χ1) is 15.9. The van der Waals surface area contributed by atoms with Crippen LogP contribution < -0.4 is 10.5 Å². The van der Waals surface area contributed by atoms with Gasteiger partial charge in [-0.2, -0.15) is 13.2 Å². The SMILES string of the molecule is CSc1sc(C(=N)N)cc1S(=O)(=O)c1cccc(-c2cc(C=O)ccc2OC(=O)C(F)(F)F)c1. The number of rotatable bonds is 7. The maximum Gasteiger partial charge on any atom is 0.491 e. The highest BCUT2D eigenvalue weighted by molar-refractivity contribution is 8.01. The molecule has 0 unspecified atom stereocenters. The molecule has 0 saturated carbocycles. The number of amidine groups is 1. The van der Waals surface area contributed by atoms with E-state index in [0.29, 0.717) is 10.5 Å². The lowest BCUT2D eigenvalue weighted by atomic mass is 10.0. The number of nitrogens with one attached hydrogen (secondary N) is 1. The Bertz CT molecular complexity index is 1400. The summed E-state index contributed by atoms with van der Waals surface area (Å²) in [6.45, 7) is 0. The van der Waals surface area contributed by atoms with E-state index in [-0.39, 0.29) is 37.2 Å². The lowest BCUT2D eigenvalue weighted by Crippen LogP contribution is -2.28. The summed E-state index contributed by atoms with van der Waals surface area (Å²) in [6.07, 6.45) is -3.15. The zero-order valence-electron chi connectivity index (χ0n) is 17.2. The zero-order chi connectivity index (χ0) is 25.3. The molecule has 0 fully saturated rings. The Balaban J connectivity index is 2.14. The Hall–Kier alpha value is -3.16. The van der Waals surface area contributed by atoms with Gasteiger partial charge in [0.15, 0.2) is 0 Å². The molecular weight excluding hydrogens is 513 g/mol. The summed E-state index contributed by atoms with van der Waals surface area (Å²) in [5.74, 6) is -3.25. The third-order valence-electron chi connectivity index (χ3n) is 4.44. The second-order valence-corrected chi connectivity index (χ2v) is 10.7. The number of carbonyl (C=O) groups excluding carboxylic acids is 2. The van der Waals surface area contributed by atoms with Crippen molar-refractivity contribution < 1.29 is 35.9 Å². The molecule has 2 aromatic carbocycles. The van der Waals surface area contributed by atoms with Crippen molar-refractivity contribution >= 4 is 51.0 Å². The molecule has 0 aliphatic rings. The standard InChI is InChI=1S/C21H15F3N2O5S3/c1-32-19-17(9-16(33-19)18(25)26)34(29,30)13-4-2-3-12(8-13)14-7-11(10-27)5-6-15(14)31-20(28)21(22,23)24/h2-10H,1H3,(H3,25,26). The van der Waals surface area contributed by atoms with E-state index in [1.165, 1.54) is 36.4 Å². The quantitative estimate of drug-likeness (QED) is 0.115. The molecule has 1 heterocycles. The van der Waals surface area contributed by atoms with E-state index < -0.39 is 27.7 Å². The van der Waals surface area contributed by atoms with Crippen molar-refractivity contribution in [3.05, 3.63) is 59.0 Å². The van der Waals surface area contributed by atoms with E-state index in [2.05, 4.69) is 4.74 Å². The topological polar surface area (TPSA) is 127 Å². The molecular formula is C21H15F3N2O5S3. The Morgan fingerprint density at radius 1 is 1.18 bits per heavy atom. The van der Waals surface area contributed by atoms with E-state index in [1.54, 1.807) is 6.26 Å². The van der Waals surface area contributed by atoms with Crippen molar-refractivity contribution in [1.29, 1.82) is 5.41 Å². The van der Waals surface area contributed by atoms with Gasteiger partial charge in [-0.25, -0.2) is 13.2 Å². The summed E-state index contributed by atoms with van der Waals surface area (Å²) < 4.78 is 69.7. The van der Waals surface area contributed by atoms with Gasteiger partial charge in [-0.1, -0.05) is 12.1 Å². The summed E-state index contributed by atoms with van der Waals surface area (Å²) in [6, 6.07) is 9.90. The van der Waals surface area contributed by atoms with Crippen LogP contribution >= 0.6 is 23.1 Å². The minimum atomic E-state index is -5.26. The maximum absolute atomic E-state index is 13.3. The number of hydrogen-bond donors (Lipinski definition) is 2. The average Bonchev–Trinajstić information content (AvgIpc) is 3.24. The summed E-state index contributed by atoms with van der Waals surface area (Å²) in [5, 5.41) is 7.57. The van der Waals surface area contributed by atoms with E-state index in [4.69, 9.17) is 11.1 Å². The van der Waals surface area contributed by atoms with Crippen LogP contribution in [0.5, 0.6) is 5.75 Å². The Labute approximate surface area is 200 Å². The Morgan fingerprint density at radius 3 is 2.47 bits per heavy atom. The number of carbonyl (C=O) groups is 2. The van der Waals surface area contributed by atoms with Gasteiger partial charge in [-0.15, -0.1) is 23.1 Å². The normalized spacial score (nSPS) is 11.8. The molecule has 0 aliphatic heterocycles. The molecule has 7 nitrogen and oxygen atoms in total. The zero-order valence-corrected chi connectivity index (χ0v) is 19.6. The average molecular weight is 529 g/mol. The van der Waals surface area contributed by atoms with E-state index in [0.717, 1.165) is 35.2 Å². The van der Waals surface area contributed by atoms with Gasteiger partial charge >= 0.3 is 12.1 Å². The van der Waals surface area contributed by atoms with Gasteiger partial charge in [-0.05, 0) is 48.2 Å². The van der Waals surface area contributed by atoms with E-state index in [9.17, 15) is 31.2 Å². The molecule has 0 saturated heterocycles.